The SMILES string of the molecule is C=CCOC(=O)C=CC(=O)OCC=C.C=CCSCC=C. The highest BCUT2D eigenvalue weighted by atomic mass is 32.2. The summed E-state index contributed by atoms with van der Waals surface area (Å²) in [5.41, 5.74) is 0. The highest BCUT2D eigenvalue weighted by molar-refractivity contribution is 7.99. The van der Waals surface area contributed by atoms with Crippen molar-refractivity contribution in [3.8, 4) is 0 Å². The van der Waals surface area contributed by atoms with E-state index in [1.807, 2.05) is 23.9 Å². The van der Waals surface area contributed by atoms with E-state index in [2.05, 4.69) is 35.8 Å². The third-order valence-electron chi connectivity index (χ3n) is 1.51. The molecule has 0 fully saturated rings. The van der Waals surface area contributed by atoms with Gasteiger partial charge in [0.15, 0.2) is 0 Å². The van der Waals surface area contributed by atoms with E-state index in [9.17, 15) is 9.59 Å². The van der Waals surface area contributed by atoms with E-state index in [0.717, 1.165) is 23.7 Å². The van der Waals surface area contributed by atoms with Crippen molar-refractivity contribution >= 4 is 23.7 Å². The Morgan fingerprint density at radius 2 is 1.14 bits per heavy atom. The summed E-state index contributed by atoms with van der Waals surface area (Å²) >= 11 is 1.82. The fourth-order valence-corrected chi connectivity index (χ4v) is 1.22. The van der Waals surface area contributed by atoms with E-state index in [4.69, 9.17) is 0 Å². The van der Waals surface area contributed by atoms with Crippen LogP contribution in [0.5, 0.6) is 0 Å². The zero-order valence-electron chi connectivity index (χ0n) is 12.2. The Labute approximate surface area is 130 Å². The maximum Gasteiger partial charge on any atom is 0.331 e. The standard InChI is InChI=1S/C10H12O4.C6H10S/c1-3-7-13-9(11)5-6-10(12)14-8-4-2;1-3-5-7-6-4-2/h3-6H,1-2,7-8H2;3-4H,1-2,5-6H2. The minimum atomic E-state index is -0.611. The molecule has 0 heterocycles. The monoisotopic (exact) mass is 310 g/mol. The van der Waals surface area contributed by atoms with Gasteiger partial charge in [0.1, 0.15) is 13.2 Å². The van der Waals surface area contributed by atoms with Crippen molar-refractivity contribution in [1.82, 2.24) is 0 Å². The van der Waals surface area contributed by atoms with Crippen molar-refractivity contribution in [3.05, 3.63) is 62.8 Å². The Morgan fingerprint density at radius 1 is 0.762 bits per heavy atom. The first-order valence-electron chi connectivity index (χ1n) is 6.15. The van der Waals surface area contributed by atoms with E-state index < -0.39 is 11.9 Å². The average Bonchev–Trinajstić information content (AvgIpc) is 2.50. The van der Waals surface area contributed by atoms with Crippen molar-refractivity contribution in [2.24, 2.45) is 0 Å². The van der Waals surface area contributed by atoms with Crippen molar-refractivity contribution in [3.63, 3.8) is 0 Å². The van der Waals surface area contributed by atoms with Crippen LogP contribution in [0.3, 0.4) is 0 Å². The quantitative estimate of drug-likeness (QED) is 0.269. The summed E-state index contributed by atoms with van der Waals surface area (Å²) in [6, 6.07) is 0. The normalized spacial score (nSPS) is 8.95. The molecule has 0 aromatic rings. The van der Waals surface area contributed by atoms with Crippen LogP contribution in [0.4, 0.5) is 0 Å². The van der Waals surface area contributed by atoms with Gasteiger partial charge >= 0.3 is 11.9 Å². The van der Waals surface area contributed by atoms with Crippen LogP contribution in [0, 0.1) is 0 Å². The van der Waals surface area contributed by atoms with Crippen molar-refractivity contribution in [2.45, 2.75) is 0 Å². The lowest BCUT2D eigenvalue weighted by Crippen LogP contribution is -2.04. The van der Waals surface area contributed by atoms with E-state index in [-0.39, 0.29) is 13.2 Å². The Hall–Kier alpha value is -2.01. The maximum absolute atomic E-state index is 10.8. The lowest BCUT2D eigenvalue weighted by molar-refractivity contribution is -0.139. The summed E-state index contributed by atoms with van der Waals surface area (Å²) in [7, 11) is 0. The van der Waals surface area contributed by atoms with Gasteiger partial charge in [-0.05, 0) is 0 Å². The van der Waals surface area contributed by atoms with Crippen molar-refractivity contribution in [2.75, 3.05) is 24.7 Å². The first-order chi connectivity index (χ1) is 10.1. The molecule has 0 unspecified atom stereocenters. The minimum absolute atomic E-state index is 0.116. The molecule has 0 aliphatic carbocycles. The van der Waals surface area contributed by atoms with Gasteiger partial charge in [-0.2, -0.15) is 11.8 Å². The Balaban J connectivity index is 0. The third-order valence-corrected chi connectivity index (χ3v) is 2.46. The molecular weight excluding hydrogens is 288 g/mol. The highest BCUT2D eigenvalue weighted by Gasteiger charge is 1.98. The van der Waals surface area contributed by atoms with Crippen molar-refractivity contribution < 1.29 is 19.1 Å². The van der Waals surface area contributed by atoms with E-state index in [0.29, 0.717) is 0 Å². The predicted octanol–water partition coefficient (Wildman–Crippen LogP) is 3.09. The van der Waals surface area contributed by atoms with Gasteiger partial charge in [0.25, 0.3) is 0 Å². The van der Waals surface area contributed by atoms with Gasteiger partial charge in [0, 0.05) is 23.7 Å². The summed E-state index contributed by atoms with van der Waals surface area (Å²) < 4.78 is 9.15. The molecule has 0 saturated heterocycles. The summed E-state index contributed by atoms with van der Waals surface area (Å²) in [4.78, 5) is 21.6. The first kappa shape index (κ1) is 21.3. The van der Waals surface area contributed by atoms with Crippen molar-refractivity contribution in [1.29, 1.82) is 0 Å². The summed E-state index contributed by atoms with van der Waals surface area (Å²) in [5, 5.41) is 0. The van der Waals surface area contributed by atoms with Gasteiger partial charge in [-0.15, -0.1) is 13.2 Å². The molecule has 0 rings (SSSR count). The lowest BCUT2D eigenvalue weighted by atomic mass is 10.5. The molecule has 5 heteroatoms. The molecule has 0 aliphatic heterocycles. The zero-order valence-corrected chi connectivity index (χ0v) is 13.0. The maximum atomic E-state index is 10.8. The summed E-state index contributed by atoms with van der Waals surface area (Å²) in [6.45, 7) is 14.1. The largest absolute Gasteiger partial charge is 0.458 e. The van der Waals surface area contributed by atoms with Gasteiger partial charge in [-0.1, -0.05) is 37.5 Å². The number of carbonyl (C=O) groups excluding carboxylic acids is 2. The van der Waals surface area contributed by atoms with E-state index in [1.165, 1.54) is 12.2 Å². The lowest BCUT2D eigenvalue weighted by Gasteiger charge is -1.96. The molecule has 0 radical (unpaired) electrons. The van der Waals surface area contributed by atoms with E-state index in [1.54, 1.807) is 0 Å². The molecule has 0 aromatic carbocycles. The molecule has 0 bridgehead atoms. The van der Waals surface area contributed by atoms with Gasteiger partial charge in [-0.3, -0.25) is 0 Å². The molecule has 0 spiro atoms. The van der Waals surface area contributed by atoms with Gasteiger partial charge < -0.3 is 9.47 Å². The second-order valence-corrected chi connectivity index (χ2v) is 4.36. The van der Waals surface area contributed by atoms with Gasteiger partial charge in [0.2, 0.25) is 0 Å². The zero-order chi connectivity index (χ0) is 16.3. The molecule has 21 heavy (non-hydrogen) atoms. The number of rotatable bonds is 10. The van der Waals surface area contributed by atoms with Crippen LogP contribution in [0.25, 0.3) is 0 Å². The number of ether oxygens (including phenoxy) is 2. The smallest absolute Gasteiger partial charge is 0.331 e. The van der Waals surface area contributed by atoms with Crippen LogP contribution < -0.4 is 0 Å². The van der Waals surface area contributed by atoms with E-state index >= 15 is 0 Å². The highest BCUT2D eigenvalue weighted by Crippen LogP contribution is 1.97. The number of hydrogen-bond acceptors (Lipinski definition) is 5. The molecule has 0 amide bonds. The summed E-state index contributed by atoms with van der Waals surface area (Å²) in [5.74, 6) is 0.846. The molecule has 0 aromatic heterocycles. The van der Waals surface area contributed by atoms with Gasteiger partial charge in [0.05, 0.1) is 0 Å². The molecule has 116 valence electrons. The third kappa shape index (κ3) is 20.5. The fourth-order valence-electron chi connectivity index (χ4n) is 0.749. The number of thioether (sulfide) groups is 1. The first-order valence-corrected chi connectivity index (χ1v) is 7.30. The molecule has 4 nitrogen and oxygen atoms in total. The number of hydrogen-bond donors (Lipinski definition) is 0. The van der Waals surface area contributed by atoms with Crippen LogP contribution in [-0.4, -0.2) is 36.7 Å². The average molecular weight is 310 g/mol. The Bertz CT molecular complexity index is 338. The molecular formula is C16H22O4S. The van der Waals surface area contributed by atoms with Crippen LogP contribution >= 0.6 is 11.8 Å². The molecule has 0 atom stereocenters. The van der Waals surface area contributed by atoms with Gasteiger partial charge in [-0.25, -0.2) is 9.59 Å². The van der Waals surface area contributed by atoms with Crippen LogP contribution in [-0.2, 0) is 19.1 Å². The Kier molecular flexibility index (Phi) is 18.2. The fraction of sp³-hybridized carbons (Fsp3) is 0.250. The topological polar surface area (TPSA) is 52.6 Å². The Morgan fingerprint density at radius 3 is 1.43 bits per heavy atom. The number of esters is 2. The molecule has 0 saturated carbocycles. The second-order valence-electron chi connectivity index (χ2n) is 3.29. The minimum Gasteiger partial charge on any atom is -0.458 e. The predicted molar refractivity (Wildman–Crippen MR) is 89.2 cm³/mol. The second kappa shape index (κ2) is 18.0. The molecule has 0 N–H and O–H groups in total. The van der Waals surface area contributed by atoms with Crippen LogP contribution in [0.2, 0.25) is 0 Å². The summed E-state index contributed by atoms with van der Waals surface area (Å²) in [6.07, 6.45) is 8.65. The number of carbonyl (C=O) groups is 2. The van der Waals surface area contributed by atoms with Crippen LogP contribution in [0.15, 0.2) is 62.8 Å². The molecule has 0 aliphatic rings. The van der Waals surface area contributed by atoms with Crippen LogP contribution in [0.1, 0.15) is 0 Å².